The van der Waals surface area contributed by atoms with E-state index in [1.165, 1.54) is 38.5 Å². The first-order chi connectivity index (χ1) is 8.31. The van der Waals surface area contributed by atoms with Gasteiger partial charge in [-0.25, -0.2) is 4.98 Å². The first-order valence-corrected chi connectivity index (χ1v) is 7.08. The lowest BCUT2D eigenvalue weighted by Crippen LogP contribution is -2.31. The number of alkyl halides is 1. The van der Waals surface area contributed by atoms with Gasteiger partial charge in [-0.2, -0.15) is 0 Å². The van der Waals surface area contributed by atoms with Crippen LogP contribution >= 0.6 is 11.6 Å². The Bertz CT molecular complexity index is 346. The zero-order chi connectivity index (χ0) is 12.1. The summed E-state index contributed by atoms with van der Waals surface area (Å²) in [6, 6.07) is 4.74. The molecule has 17 heavy (non-hydrogen) atoms. The van der Waals surface area contributed by atoms with Gasteiger partial charge in [0.25, 0.3) is 0 Å². The quantitative estimate of drug-likeness (QED) is 0.598. The molecule has 2 rings (SSSR count). The van der Waals surface area contributed by atoms with E-state index in [-0.39, 0.29) is 0 Å². The van der Waals surface area contributed by atoms with Crippen molar-refractivity contribution in [3.8, 4) is 0 Å². The monoisotopic (exact) mass is 252 g/mol. The largest absolute Gasteiger partial charge is 0.357 e. The van der Waals surface area contributed by atoms with Gasteiger partial charge in [-0.1, -0.05) is 25.7 Å². The van der Waals surface area contributed by atoms with E-state index in [0.29, 0.717) is 11.9 Å². The van der Waals surface area contributed by atoms with Crippen molar-refractivity contribution in [1.29, 1.82) is 0 Å². The number of pyridine rings is 1. The van der Waals surface area contributed by atoms with Crippen molar-refractivity contribution in [3.63, 3.8) is 0 Å². The van der Waals surface area contributed by atoms with Crippen LogP contribution in [0.15, 0.2) is 18.3 Å². The van der Waals surface area contributed by atoms with Crippen LogP contribution in [0.2, 0.25) is 0 Å². The van der Waals surface area contributed by atoms with Gasteiger partial charge in [0.2, 0.25) is 0 Å². The van der Waals surface area contributed by atoms with Crippen molar-refractivity contribution in [1.82, 2.24) is 4.98 Å². The van der Waals surface area contributed by atoms with Crippen molar-refractivity contribution >= 4 is 17.4 Å². The van der Waals surface area contributed by atoms with E-state index in [0.717, 1.165) is 11.4 Å². The average molecular weight is 253 g/mol. The molecule has 1 saturated carbocycles. The minimum absolute atomic E-state index is 0.564. The smallest absolute Gasteiger partial charge is 0.128 e. The second-order valence-corrected chi connectivity index (χ2v) is 5.18. The molecule has 1 aromatic rings. The zero-order valence-corrected chi connectivity index (χ0v) is 11.3. The second kappa shape index (κ2) is 6.25. The standard InChI is InChI=1S/C14H21ClN2/c1-17(13-6-4-2-3-5-7-13)14-10-12(11-15)8-9-16-14/h8-10,13H,2-7,11H2,1H3. The number of hydrogen-bond donors (Lipinski definition) is 0. The number of anilines is 1. The first-order valence-electron chi connectivity index (χ1n) is 6.55. The molecule has 0 amide bonds. The average Bonchev–Trinajstić information content (AvgIpc) is 2.67. The van der Waals surface area contributed by atoms with Gasteiger partial charge in [0.15, 0.2) is 0 Å². The van der Waals surface area contributed by atoms with Gasteiger partial charge >= 0.3 is 0 Å². The number of aromatic nitrogens is 1. The third kappa shape index (κ3) is 3.35. The summed E-state index contributed by atoms with van der Waals surface area (Å²) in [7, 11) is 2.16. The highest BCUT2D eigenvalue weighted by molar-refractivity contribution is 6.17. The van der Waals surface area contributed by atoms with Crippen molar-refractivity contribution in [2.75, 3.05) is 11.9 Å². The predicted molar refractivity (Wildman–Crippen MR) is 73.7 cm³/mol. The fourth-order valence-corrected chi connectivity index (χ4v) is 2.73. The lowest BCUT2D eigenvalue weighted by molar-refractivity contribution is 0.549. The highest BCUT2D eigenvalue weighted by Crippen LogP contribution is 2.24. The molecule has 1 aliphatic carbocycles. The van der Waals surface area contributed by atoms with Crippen LogP contribution in [0.4, 0.5) is 5.82 Å². The van der Waals surface area contributed by atoms with Crippen LogP contribution in [0.3, 0.4) is 0 Å². The number of hydrogen-bond acceptors (Lipinski definition) is 2. The molecule has 0 spiro atoms. The van der Waals surface area contributed by atoms with E-state index in [1.807, 2.05) is 12.3 Å². The summed E-state index contributed by atoms with van der Waals surface area (Å²) < 4.78 is 0. The Morgan fingerprint density at radius 1 is 1.29 bits per heavy atom. The fraction of sp³-hybridized carbons (Fsp3) is 0.643. The lowest BCUT2D eigenvalue weighted by Gasteiger charge is -2.28. The minimum Gasteiger partial charge on any atom is -0.357 e. The SMILES string of the molecule is CN(c1cc(CCl)ccn1)C1CCCCCC1. The van der Waals surface area contributed by atoms with E-state index in [2.05, 4.69) is 23.0 Å². The Kier molecular flexibility index (Phi) is 4.66. The molecule has 3 heteroatoms. The van der Waals surface area contributed by atoms with Crippen LogP contribution in [-0.4, -0.2) is 18.1 Å². The van der Waals surface area contributed by atoms with Gasteiger partial charge in [0.05, 0.1) is 0 Å². The summed E-state index contributed by atoms with van der Waals surface area (Å²) in [5.41, 5.74) is 1.15. The van der Waals surface area contributed by atoms with Crippen LogP contribution in [0, 0.1) is 0 Å². The molecule has 0 radical (unpaired) electrons. The third-order valence-corrected chi connectivity index (χ3v) is 4.01. The van der Waals surface area contributed by atoms with Crippen LogP contribution < -0.4 is 4.90 Å². The summed E-state index contributed by atoms with van der Waals surface area (Å²) in [6.45, 7) is 0. The summed E-state index contributed by atoms with van der Waals surface area (Å²) in [6.07, 6.45) is 9.93. The molecule has 0 saturated heterocycles. The molecule has 0 aliphatic heterocycles. The molecule has 1 aliphatic rings. The molecular weight excluding hydrogens is 232 g/mol. The molecule has 1 aromatic heterocycles. The maximum atomic E-state index is 5.87. The van der Waals surface area contributed by atoms with Crippen molar-refractivity contribution in [2.45, 2.75) is 50.4 Å². The predicted octanol–water partition coefficient (Wildman–Crippen LogP) is 3.98. The number of rotatable bonds is 3. The van der Waals surface area contributed by atoms with Gasteiger partial charge < -0.3 is 4.90 Å². The minimum atomic E-state index is 0.564. The zero-order valence-electron chi connectivity index (χ0n) is 10.5. The van der Waals surface area contributed by atoms with E-state index in [1.54, 1.807) is 0 Å². The summed E-state index contributed by atoms with van der Waals surface area (Å²) in [5, 5.41) is 0. The first kappa shape index (κ1) is 12.7. The van der Waals surface area contributed by atoms with E-state index < -0.39 is 0 Å². The summed E-state index contributed by atoms with van der Waals surface area (Å²) >= 11 is 5.87. The van der Waals surface area contributed by atoms with Crippen molar-refractivity contribution < 1.29 is 0 Å². The molecule has 94 valence electrons. The Morgan fingerprint density at radius 2 is 2.00 bits per heavy atom. The fourth-order valence-electron chi connectivity index (χ4n) is 2.57. The number of nitrogens with zero attached hydrogens (tertiary/aromatic N) is 2. The van der Waals surface area contributed by atoms with E-state index in [4.69, 9.17) is 11.6 Å². The highest BCUT2D eigenvalue weighted by atomic mass is 35.5. The Morgan fingerprint density at radius 3 is 2.65 bits per heavy atom. The van der Waals surface area contributed by atoms with Crippen molar-refractivity contribution in [3.05, 3.63) is 23.9 Å². The molecule has 0 unspecified atom stereocenters. The Balaban J connectivity index is 2.08. The normalized spacial score (nSPS) is 17.8. The van der Waals surface area contributed by atoms with Crippen molar-refractivity contribution in [2.24, 2.45) is 0 Å². The summed E-state index contributed by atoms with van der Waals surface area (Å²) in [4.78, 5) is 6.80. The van der Waals surface area contributed by atoms with E-state index in [9.17, 15) is 0 Å². The van der Waals surface area contributed by atoms with Gasteiger partial charge in [0.1, 0.15) is 5.82 Å². The van der Waals surface area contributed by atoms with Gasteiger partial charge in [-0.05, 0) is 30.5 Å². The third-order valence-electron chi connectivity index (χ3n) is 3.70. The van der Waals surface area contributed by atoms with Gasteiger partial charge in [-0.15, -0.1) is 11.6 Å². The van der Waals surface area contributed by atoms with Gasteiger partial charge in [0, 0.05) is 25.2 Å². The second-order valence-electron chi connectivity index (χ2n) is 4.91. The molecule has 0 N–H and O–H groups in total. The van der Waals surface area contributed by atoms with Gasteiger partial charge in [-0.3, -0.25) is 0 Å². The highest BCUT2D eigenvalue weighted by Gasteiger charge is 2.18. The van der Waals surface area contributed by atoms with Crippen LogP contribution in [0.25, 0.3) is 0 Å². The maximum Gasteiger partial charge on any atom is 0.128 e. The number of halogens is 1. The molecule has 1 heterocycles. The topological polar surface area (TPSA) is 16.1 Å². The molecule has 0 atom stereocenters. The van der Waals surface area contributed by atoms with Crippen LogP contribution in [-0.2, 0) is 5.88 Å². The Labute approximate surface area is 109 Å². The molecule has 2 nitrogen and oxygen atoms in total. The Hall–Kier alpha value is -0.760. The van der Waals surface area contributed by atoms with Crippen LogP contribution in [0.1, 0.15) is 44.1 Å². The van der Waals surface area contributed by atoms with E-state index >= 15 is 0 Å². The van der Waals surface area contributed by atoms with Crippen LogP contribution in [0.5, 0.6) is 0 Å². The summed E-state index contributed by atoms with van der Waals surface area (Å²) in [5.74, 6) is 1.63. The molecular formula is C14H21ClN2. The lowest BCUT2D eigenvalue weighted by atomic mass is 10.1. The molecule has 1 fully saturated rings. The molecule has 0 bridgehead atoms. The molecule has 0 aromatic carbocycles. The maximum absolute atomic E-state index is 5.87.